The molecule has 4 aromatic rings. The van der Waals surface area contributed by atoms with E-state index in [0.717, 1.165) is 72.8 Å². The van der Waals surface area contributed by atoms with E-state index in [1.165, 1.54) is 5.56 Å². The van der Waals surface area contributed by atoms with E-state index in [4.69, 9.17) is 9.47 Å². The lowest BCUT2D eigenvalue weighted by molar-refractivity contribution is -0.111. The number of benzene rings is 2. The highest BCUT2D eigenvalue weighted by molar-refractivity contribution is 6.02. The van der Waals surface area contributed by atoms with Gasteiger partial charge in [-0.1, -0.05) is 18.2 Å². The zero-order chi connectivity index (χ0) is 25.5. The van der Waals surface area contributed by atoms with Gasteiger partial charge in [-0.25, -0.2) is 4.98 Å². The average Bonchev–Trinajstić information content (AvgIpc) is 3.35. The van der Waals surface area contributed by atoms with Crippen molar-refractivity contribution in [3.05, 3.63) is 84.5 Å². The van der Waals surface area contributed by atoms with Crippen LogP contribution in [-0.2, 0) is 27.4 Å². The van der Waals surface area contributed by atoms with Gasteiger partial charge in [0, 0.05) is 63.0 Å². The molecule has 0 atom stereocenters. The lowest BCUT2D eigenvalue weighted by atomic mass is 10.0. The van der Waals surface area contributed by atoms with E-state index >= 15 is 0 Å². The SMILES string of the molecule is COCCn1cnc2ccc(-c3ccncc3C=CC(=O)Nc3ccc(CN4CCOCC4)cc3)cc21. The number of ether oxygens (including phenoxy) is 2. The topological polar surface area (TPSA) is 81.5 Å². The third-order valence-electron chi connectivity index (χ3n) is 6.47. The van der Waals surface area contributed by atoms with Gasteiger partial charge in [-0.15, -0.1) is 0 Å². The number of rotatable bonds is 9. The lowest BCUT2D eigenvalue weighted by Gasteiger charge is -2.26. The third kappa shape index (κ3) is 6.29. The Kier molecular flexibility index (Phi) is 8.00. The smallest absolute Gasteiger partial charge is 0.248 e. The van der Waals surface area contributed by atoms with Gasteiger partial charge in [0.1, 0.15) is 0 Å². The predicted octanol–water partition coefficient (Wildman–Crippen LogP) is 4.23. The maximum atomic E-state index is 12.7. The van der Waals surface area contributed by atoms with Crippen LogP contribution < -0.4 is 5.32 Å². The van der Waals surface area contributed by atoms with Gasteiger partial charge in [-0.3, -0.25) is 14.7 Å². The fourth-order valence-electron chi connectivity index (χ4n) is 4.45. The molecule has 0 bridgehead atoms. The van der Waals surface area contributed by atoms with Crippen molar-refractivity contribution in [3.8, 4) is 11.1 Å². The number of pyridine rings is 1. The summed E-state index contributed by atoms with van der Waals surface area (Å²) in [7, 11) is 1.69. The monoisotopic (exact) mass is 497 g/mol. The fourth-order valence-corrected chi connectivity index (χ4v) is 4.45. The van der Waals surface area contributed by atoms with Gasteiger partial charge >= 0.3 is 0 Å². The second kappa shape index (κ2) is 11.9. The van der Waals surface area contributed by atoms with Gasteiger partial charge in [-0.2, -0.15) is 0 Å². The maximum Gasteiger partial charge on any atom is 0.248 e. The molecule has 5 rings (SSSR count). The molecular formula is C29H31N5O3. The van der Waals surface area contributed by atoms with E-state index in [2.05, 4.69) is 43.0 Å². The number of hydrogen-bond acceptors (Lipinski definition) is 6. The van der Waals surface area contributed by atoms with Gasteiger partial charge in [0.05, 0.1) is 37.2 Å². The summed E-state index contributed by atoms with van der Waals surface area (Å²) in [6, 6.07) is 16.1. The molecule has 190 valence electrons. The minimum Gasteiger partial charge on any atom is -0.383 e. The lowest BCUT2D eigenvalue weighted by Crippen LogP contribution is -2.35. The van der Waals surface area contributed by atoms with Crippen molar-refractivity contribution in [2.45, 2.75) is 13.1 Å². The first-order valence-corrected chi connectivity index (χ1v) is 12.5. The minimum atomic E-state index is -0.191. The number of aromatic nitrogens is 3. The molecule has 37 heavy (non-hydrogen) atoms. The number of morpholine rings is 1. The standard InChI is InChI=1S/C29H31N5O3/c1-36-15-14-34-21-31-27-8-4-23(18-28(27)34)26-10-11-30-19-24(26)5-9-29(35)32-25-6-2-22(3-7-25)20-33-12-16-37-17-13-33/h2-11,18-19,21H,12-17,20H2,1H3,(H,32,35). The Morgan fingerprint density at radius 1 is 1.14 bits per heavy atom. The van der Waals surface area contributed by atoms with Crippen LogP contribution >= 0.6 is 0 Å². The molecule has 0 saturated carbocycles. The Hall–Kier alpha value is -3.85. The summed E-state index contributed by atoms with van der Waals surface area (Å²) in [5, 5.41) is 2.95. The van der Waals surface area contributed by atoms with E-state index < -0.39 is 0 Å². The molecule has 2 aromatic carbocycles. The van der Waals surface area contributed by atoms with Gasteiger partial charge in [0.25, 0.3) is 0 Å². The number of hydrogen-bond donors (Lipinski definition) is 1. The molecule has 0 aliphatic carbocycles. The number of nitrogens with zero attached hydrogens (tertiary/aromatic N) is 4. The molecule has 2 aromatic heterocycles. The van der Waals surface area contributed by atoms with Crippen molar-refractivity contribution in [2.75, 3.05) is 45.3 Å². The van der Waals surface area contributed by atoms with Crippen LogP contribution in [0.3, 0.4) is 0 Å². The summed E-state index contributed by atoms with van der Waals surface area (Å²) in [4.78, 5) is 23.8. The summed E-state index contributed by atoms with van der Waals surface area (Å²) in [6.07, 6.45) is 8.71. The number of carbonyl (C=O) groups excluding carboxylic acids is 1. The molecule has 0 radical (unpaired) electrons. The number of amides is 1. The van der Waals surface area contributed by atoms with Gasteiger partial charge in [-0.05, 0) is 53.1 Å². The molecule has 1 aliphatic rings. The first-order chi connectivity index (χ1) is 18.2. The van der Waals surface area contributed by atoms with Crippen molar-refractivity contribution in [2.24, 2.45) is 0 Å². The number of nitrogens with one attached hydrogen (secondary N) is 1. The molecule has 3 heterocycles. The molecule has 1 aliphatic heterocycles. The second-order valence-corrected chi connectivity index (χ2v) is 9.01. The van der Waals surface area contributed by atoms with E-state index in [9.17, 15) is 4.79 Å². The Labute approximate surface area is 216 Å². The highest BCUT2D eigenvalue weighted by atomic mass is 16.5. The summed E-state index contributed by atoms with van der Waals surface area (Å²) in [5.41, 5.74) is 6.84. The van der Waals surface area contributed by atoms with Crippen LogP contribution in [0.15, 0.2) is 73.3 Å². The Morgan fingerprint density at radius 3 is 2.78 bits per heavy atom. The average molecular weight is 498 g/mol. The zero-order valence-electron chi connectivity index (χ0n) is 21.0. The van der Waals surface area contributed by atoms with Crippen molar-refractivity contribution in [3.63, 3.8) is 0 Å². The number of imidazole rings is 1. The maximum absolute atomic E-state index is 12.7. The van der Waals surface area contributed by atoms with Crippen molar-refractivity contribution in [1.82, 2.24) is 19.4 Å². The summed E-state index contributed by atoms with van der Waals surface area (Å²) in [6.45, 7) is 5.70. The third-order valence-corrected chi connectivity index (χ3v) is 6.47. The number of carbonyl (C=O) groups is 1. The molecule has 0 unspecified atom stereocenters. The van der Waals surface area contributed by atoms with Crippen molar-refractivity contribution >= 4 is 28.7 Å². The number of anilines is 1. The van der Waals surface area contributed by atoms with E-state index in [0.29, 0.717) is 6.61 Å². The Bertz CT molecular complexity index is 1370. The van der Waals surface area contributed by atoms with Crippen LogP contribution in [-0.4, -0.2) is 65.4 Å². The van der Waals surface area contributed by atoms with Crippen LogP contribution in [0.4, 0.5) is 5.69 Å². The Morgan fingerprint density at radius 2 is 1.97 bits per heavy atom. The fraction of sp³-hybridized carbons (Fsp3) is 0.276. The largest absolute Gasteiger partial charge is 0.383 e. The normalized spacial score (nSPS) is 14.4. The van der Waals surface area contributed by atoms with Crippen LogP contribution in [0.5, 0.6) is 0 Å². The first kappa shape index (κ1) is 24.8. The van der Waals surface area contributed by atoms with Crippen LogP contribution in [0, 0.1) is 0 Å². The highest BCUT2D eigenvalue weighted by Crippen LogP contribution is 2.27. The number of methoxy groups -OCH3 is 1. The molecule has 1 N–H and O–H groups in total. The summed E-state index contributed by atoms with van der Waals surface area (Å²) < 4.78 is 12.7. The predicted molar refractivity (Wildman–Crippen MR) is 145 cm³/mol. The zero-order valence-corrected chi connectivity index (χ0v) is 21.0. The number of fused-ring (bicyclic) bond motifs is 1. The Balaban J connectivity index is 1.26. The van der Waals surface area contributed by atoms with Gasteiger partial charge < -0.3 is 19.4 Å². The summed E-state index contributed by atoms with van der Waals surface area (Å²) >= 11 is 0. The molecule has 8 heteroatoms. The van der Waals surface area contributed by atoms with Crippen LogP contribution in [0.1, 0.15) is 11.1 Å². The molecule has 1 amide bonds. The van der Waals surface area contributed by atoms with Crippen molar-refractivity contribution < 1.29 is 14.3 Å². The summed E-state index contributed by atoms with van der Waals surface area (Å²) in [5.74, 6) is -0.191. The van der Waals surface area contributed by atoms with E-state index in [-0.39, 0.29) is 5.91 Å². The molecule has 0 spiro atoms. The first-order valence-electron chi connectivity index (χ1n) is 12.5. The minimum absolute atomic E-state index is 0.191. The highest BCUT2D eigenvalue weighted by Gasteiger charge is 2.11. The van der Waals surface area contributed by atoms with Crippen LogP contribution in [0.25, 0.3) is 28.2 Å². The molecule has 1 fully saturated rings. The van der Waals surface area contributed by atoms with Crippen molar-refractivity contribution in [1.29, 1.82) is 0 Å². The van der Waals surface area contributed by atoms with E-state index in [1.807, 2.05) is 36.7 Å². The molecular weight excluding hydrogens is 466 g/mol. The van der Waals surface area contributed by atoms with Crippen LogP contribution in [0.2, 0.25) is 0 Å². The quantitative estimate of drug-likeness (QED) is 0.349. The molecule has 1 saturated heterocycles. The van der Waals surface area contributed by atoms with E-state index in [1.54, 1.807) is 31.7 Å². The second-order valence-electron chi connectivity index (χ2n) is 9.01. The molecule has 8 nitrogen and oxygen atoms in total. The van der Waals surface area contributed by atoms with Gasteiger partial charge in [0.15, 0.2) is 0 Å². The van der Waals surface area contributed by atoms with Gasteiger partial charge in [0.2, 0.25) is 5.91 Å².